The molecule has 1 spiro atoms. The highest BCUT2D eigenvalue weighted by molar-refractivity contribution is 6.23. The van der Waals surface area contributed by atoms with Gasteiger partial charge in [-0.15, -0.1) is 0 Å². The number of aromatic nitrogens is 2. The van der Waals surface area contributed by atoms with E-state index in [0.29, 0.717) is 10.8 Å². The third-order valence-corrected chi connectivity index (χ3v) is 13.2. The van der Waals surface area contributed by atoms with Crippen LogP contribution >= 0.6 is 0 Å². The minimum absolute atomic E-state index is 0.00625. The van der Waals surface area contributed by atoms with E-state index in [2.05, 4.69) is 121 Å². The van der Waals surface area contributed by atoms with Crippen molar-refractivity contribution in [3.05, 3.63) is 201 Å². The summed E-state index contributed by atoms with van der Waals surface area (Å²) in [4.78, 5) is 29.1. The molecule has 2 aliphatic rings. The molecule has 8 aromatic carbocycles. The first kappa shape index (κ1) is 28.2. The predicted octanol–water partition coefficient (Wildman–Crippen LogP) is 11.1. The predicted molar refractivity (Wildman–Crippen MR) is 225 cm³/mol. The smallest absolute Gasteiger partial charge is 0.263 e. The first-order valence-corrected chi connectivity index (χ1v) is 18.9. The molecule has 4 heteroatoms. The van der Waals surface area contributed by atoms with Gasteiger partial charge in [0.1, 0.15) is 0 Å². The number of para-hydroxylation sites is 2. The van der Waals surface area contributed by atoms with E-state index in [1.807, 2.05) is 45.2 Å². The molecule has 0 saturated carbocycles. The van der Waals surface area contributed by atoms with Crippen molar-refractivity contribution in [2.75, 3.05) is 0 Å². The van der Waals surface area contributed by atoms with Crippen LogP contribution in [0.4, 0.5) is 0 Å². The molecule has 0 bridgehead atoms. The second-order valence-corrected chi connectivity index (χ2v) is 15.4. The lowest BCUT2D eigenvalue weighted by molar-refractivity contribution is 0.796. The minimum Gasteiger partial charge on any atom is -0.275 e. The second kappa shape index (κ2) is 9.25. The number of fused-ring (bicyclic) bond motifs is 20. The average molecular weight is 699 g/mol. The highest BCUT2D eigenvalue weighted by atomic mass is 16.1. The van der Waals surface area contributed by atoms with Gasteiger partial charge in [0.15, 0.2) is 0 Å². The van der Waals surface area contributed by atoms with E-state index in [1.54, 1.807) is 0 Å². The highest BCUT2D eigenvalue weighted by Crippen LogP contribution is 2.64. The van der Waals surface area contributed by atoms with Gasteiger partial charge in [0.25, 0.3) is 11.1 Å². The fraction of sp³-hybridized carbons (Fsp3) is 0.0196. The molecular weight excluding hydrogens is 673 g/mol. The number of benzene rings is 8. The van der Waals surface area contributed by atoms with Crippen molar-refractivity contribution >= 4 is 75.9 Å². The quantitative estimate of drug-likeness (QED) is 0.148. The maximum Gasteiger partial charge on any atom is 0.263 e. The van der Waals surface area contributed by atoms with Gasteiger partial charge in [-0.3, -0.25) is 18.4 Å². The van der Waals surface area contributed by atoms with Crippen molar-refractivity contribution in [1.82, 2.24) is 8.80 Å². The lowest BCUT2D eigenvalue weighted by atomic mass is 9.70. The van der Waals surface area contributed by atoms with E-state index in [4.69, 9.17) is 0 Å². The second-order valence-electron chi connectivity index (χ2n) is 15.4. The Labute approximate surface area is 312 Å². The van der Waals surface area contributed by atoms with Crippen molar-refractivity contribution < 1.29 is 0 Å². The molecule has 55 heavy (non-hydrogen) atoms. The maximum absolute atomic E-state index is 14.5. The Morgan fingerprint density at radius 1 is 0.309 bits per heavy atom. The molecule has 2 aliphatic carbocycles. The van der Waals surface area contributed by atoms with Gasteiger partial charge in [-0.2, -0.15) is 0 Å². The zero-order valence-corrected chi connectivity index (χ0v) is 29.2. The van der Waals surface area contributed by atoms with Crippen LogP contribution in [-0.2, 0) is 5.41 Å². The molecule has 0 aliphatic heterocycles. The Hall–Kier alpha value is -7.30. The molecule has 4 nitrogen and oxygen atoms in total. The Kier molecular flexibility index (Phi) is 4.75. The number of rotatable bonds is 0. The summed E-state index contributed by atoms with van der Waals surface area (Å²) in [5.41, 5.74) is 12.7. The van der Waals surface area contributed by atoms with Crippen LogP contribution in [0.5, 0.6) is 0 Å². The van der Waals surface area contributed by atoms with Gasteiger partial charge in [-0.25, -0.2) is 0 Å². The molecular formula is C51H26N2O2. The number of hydrogen-bond acceptors (Lipinski definition) is 2. The summed E-state index contributed by atoms with van der Waals surface area (Å²) in [5.74, 6) is 0. The van der Waals surface area contributed by atoms with E-state index in [1.165, 1.54) is 33.4 Å². The average Bonchev–Trinajstić information content (AvgIpc) is 3.93. The van der Waals surface area contributed by atoms with Crippen molar-refractivity contribution in [2.45, 2.75) is 5.41 Å². The van der Waals surface area contributed by atoms with Gasteiger partial charge >= 0.3 is 0 Å². The summed E-state index contributed by atoms with van der Waals surface area (Å²) in [7, 11) is 0. The molecule has 0 fully saturated rings. The first-order valence-electron chi connectivity index (χ1n) is 18.9. The lowest BCUT2D eigenvalue weighted by Crippen LogP contribution is -2.25. The molecule has 0 radical (unpaired) electrons. The Bertz CT molecular complexity index is 3630. The van der Waals surface area contributed by atoms with Crippen LogP contribution in [-0.4, -0.2) is 8.80 Å². The van der Waals surface area contributed by atoms with Crippen LogP contribution in [0.1, 0.15) is 22.3 Å². The molecule has 4 aromatic heterocycles. The molecule has 0 atom stereocenters. The standard InChI is InChI=1S/C51H26N2O2/c54-49-35-15-3-1-11-27(35)31-17-9-19-33-39-23-43-37(25-45(39)52(49)47(31)33)38-26-46-40(34-20-10-18-32-28-12-2-4-16-36(28)50(55)53(46)48(32)34)24-44(38)51(43)41-21-7-5-13-29(41)30-14-6-8-22-42(30)51/h1-26H. The van der Waals surface area contributed by atoms with E-state index >= 15 is 0 Å². The molecule has 0 amide bonds. The van der Waals surface area contributed by atoms with Crippen molar-refractivity contribution in [3.63, 3.8) is 0 Å². The summed E-state index contributed by atoms with van der Waals surface area (Å²) in [6, 6.07) is 55.8. The largest absolute Gasteiger partial charge is 0.275 e. The van der Waals surface area contributed by atoms with Crippen LogP contribution in [0, 0.1) is 0 Å². The van der Waals surface area contributed by atoms with Gasteiger partial charge in [0.05, 0.1) is 27.5 Å². The van der Waals surface area contributed by atoms with Crippen LogP contribution in [0.15, 0.2) is 167 Å². The topological polar surface area (TPSA) is 43.0 Å². The van der Waals surface area contributed by atoms with E-state index in [-0.39, 0.29) is 11.1 Å². The van der Waals surface area contributed by atoms with E-state index < -0.39 is 5.41 Å². The Balaban J connectivity index is 1.23. The molecule has 12 aromatic rings. The van der Waals surface area contributed by atoms with Gasteiger partial charge in [0.2, 0.25) is 0 Å². The third-order valence-electron chi connectivity index (χ3n) is 13.2. The van der Waals surface area contributed by atoms with E-state index in [0.717, 1.165) is 76.3 Å². The van der Waals surface area contributed by atoms with Crippen molar-refractivity contribution in [2.24, 2.45) is 0 Å². The maximum atomic E-state index is 14.5. The summed E-state index contributed by atoms with van der Waals surface area (Å²) in [6.45, 7) is 0. The zero-order valence-electron chi connectivity index (χ0n) is 29.2. The van der Waals surface area contributed by atoms with Crippen LogP contribution in [0.25, 0.3) is 98.2 Å². The summed E-state index contributed by atoms with van der Waals surface area (Å²) in [5, 5.41) is 9.81. The minimum atomic E-state index is -0.612. The van der Waals surface area contributed by atoms with E-state index in [9.17, 15) is 9.59 Å². The summed E-state index contributed by atoms with van der Waals surface area (Å²) >= 11 is 0. The lowest BCUT2D eigenvalue weighted by Gasteiger charge is -2.30. The van der Waals surface area contributed by atoms with Crippen molar-refractivity contribution in [1.29, 1.82) is 0 Å². The molecule has 0 unspecified atom stereocenters. The zero-order chi connectivity index (χ0) is 35.9. The summed E-state index contributed by atoms with van der Waals surface area (Å²) < 4.78 is 3.90. The number of hydrogen-bond donors (Lipinski definition) is 0. The highest BCUT2D eigenvalue weighted by Gasteiger charge is 2.52. The summed E-state index contributed by atoms with van der Waals surface area (Å²) in [6.07, 6.45) is 0. The molecule has 14 rings (SSSR count). The van der Waals surface area contributed by atoms with Gasteiger partial charge in [-0.05, 0) is 91.7 Å². The van der Waals surface area contributed by atoms with Crippen LogP contribution in [0.2, 0.25) is 0 Å². The Morgan fingerprint density at radius 3 is 1.13 bits per heavy atom. The normalized spacial score (nSPS) is 14.1. The Morgan fingerprint density at radius 2 is 0.673 bits per heavy atom. The molecule has 4 heterocycles. The van der Waals surface area contributed by atoms with Gasteiger partial charge in [-0.1, -0.05) is 121 Å². The van der Waals surface area contributed by atoms with Crippen LogP contribution < -0.4 is 11.1 Å². The number of nitrogens with zero attached hydrogens (tertiary/aromatic N) is 2. The fourth-order valence-electron chi connectivity index (χ4n) is 11.2. The monoisotopic (exact) mass is 698 g/mol. The third kappa shape index (κ3) is 2.99. The first-order chi connectivity index (χ1) is 27.1. The SMILES string of the molecule is O=c1c2ccccc2c2cccc3c4cc5c(cc4n1c23)-c1cc2c(cc1C51c3ccccc3-c3ccccc31)c1cccc3c4ccccc4c(=O)n2c31. The molecule has 0 saturated heterocycles. The molecule has 0 N–H and O–H groups in total. The van der Waals surface area contributed by atoms with Gasteiger partial charge < -0.3 is 0 Å². The van der Waals surface area contributed by atoms with Gasteiger partial charge in [0, 0.05) is 43.1 Å². The molecule has 252 valence electrons. The fourth-order valence-corrected chi connectivity index (χ4v) is 11.2. The number of pyridine rings is 2. The van der Waals surface area contributed by atoms with Crippen LogP contribution in [0.3, 0.4) is 0 Å². The van der Waals surface area contributed by atoms with Crippen molar-refractivity contribution in [3.8, 4) is 22.3 Å².